The SMILES string of the molecule is COC(=O)/C(=N/O)c1c(C)cccc1COc1ccccc1C. The number of ether oxygens (including phenoxy) is 2. The number of carbonyl (C=O) groups is 1. The van der Waals surface area contributed by atoms with Gasteiger partial charge >= 0.3 is 5.97 Å². The van der Waals surface area contributed by atoms with Crippen molar-refractivity contribution in [3.05, 3.63) is 64.7 Å². The number of hydrogen-bond acceptors (Lipinski definition) is 5. The second-order valence-corrected chi connectivity index (χ2v) is 5.10. The predicted molar refractivity (Wildman–Crippen MR) is 87.0 cm³/mol. The standard InChI is InChI=1S/C18H19NO4/c1-12-7-4-5-10-15(12)23-11-14-9-6-8-13(2)16(14)17(19-21)18(20)22-3/h4-10,21H,11H2,1-3H3/b19-17+. The van der Waals surface area contributed by atoms with Crippen LogP contribution in [0, 0.1) is 13.8 Å². The van der Waals surface area contributed by atoms with Crippen molar-refractivity contribution in [2.24, 2.45) is 5.16 Å². The summed E-state index contributed by atoms with van der Waals surface area (Å²) in [5, 5.41) is 12.3. The van der Waals surface area contributed by atoms with Gasteiger partial charge in [-0.1, -0.05) is 41.6 Å². The Kier molecular flexibility index (Phi) is 5.36. The van der Waals surface area contributed by atoms with E-state index in [-0.39, 0.29) is 12.3 Å². The molecule has 0 aliphatic carbocycles. The van der Waals surface area contributed by atoms with Gasteiger partial charge in [0.1, 0.15) is 12.4 Å². The van der Waals surface area contributed by atoms with Crippen molar-refractivity contribution in [1.82, 2.24) is 0 Å². The maximum absolute atomic E-state index is 11.8. The van der Waals surface area contributed by atoms with E-state index in [1.54, 1.807) is 0 Å². The van der Waals surface area contributed by atoms with Crippen LogP contribution in [-0.2, 0) is 16.1 Å². The second-order valence-electron chi connectivity index (χ2n) is 5.10. The lowest BCUT2D eigenvalue weighted by Crippen LogP contribution is -2.20. The van der Waals surface area contributed by atoms with E-state index in [4.69, 9.17) is 4.74 Å². The topological polar surface area (TPSA) is 68.1 Å². The lowest BCUT2D eigenvalue weighted by Gasteiger charge is -2.14. The molecule has 0 heterocycles. The van der Waals surface area contributed by atoms with Crippen LogP contribution in [0.1, 0.15) is 22.3 Å². The van der Waals surface area contributed by atoms with Gasteiger partial charge in [0.25, 0.3) is 0 Å². The Morgan fingerprint density at radius 3 is 2.43 bits per heavy atom. The van der Waals surface area contributed by atoms with E-state index >= 15 is 0 Å². The number of esters is 1. The smallest absolute Gasteiger partial charge is 0.360 e. The summed E-state index contributed by atoms with van der Waals surface area (Å²) in [4.78, 5) is 11.8. The molecule has 0 spiro atoms. The van der Waals surface area contributed by atoms with Crippen LogP contribution < -0.4 is 4.74 Å². The van der Waals surface area contributed by atoms with Crippen molar-refractivity contribution in [3.63, 3.8) is 0 Å². The lowest BCUT2D eigenvalue weighted by molar-refractivity contribution is -0.132. The van der Waals surface area contributed by atoms with E-state index in [2.05, 4.69) is 9.89 Å². The number of benzene rings is 2. The number of methoxy groups -OCH3 is 1. The average molecular weight is 313 g/mol. The molecule has 0 aromatic heterocycles. The highest BCUT2D eigenvalue weighted by molar-refractivity contribution is 6.43. The number of para-hydroxylation sites is 1. The van der Waals surface area contributed by atoms with Crippen LogP contribution in [0.15, 0.2) is 47.6 Å². The Labute approximate surface area is 135 Å². The fraction of sp³-hybridized carbons (Fsp3) is 0.222. The molecule has 5 nitrogen and oxygen atoms in total. The van der Waals surface area contributed by atoms with Crippen LogP contribution in [0.25, 0.3) is 0 Å². The van der Waals surface area contributed by atoms with Crippen LogP contribution in [0.2, 0.25) is 0 Å². The minimum absolute atomic E-state index is 0.131. The summed E-state index contributed by atoms with van der Waals surface area (Å²) in [6.45, 7) is 4.04. The molecule has 2 aromatic carbocycles. The van der Waals surface area contributed by atoms with Crippen molar-refractivity contribution >= 4 is 11.7 Å². The maximum Gasteiger partial charge on any atom is 0.360 e. The second kappa shape index (κ2) is 7.45. The van der Waals surface area contributed by atoms with E-state index in [1.165, 1.54) is 7.11 Å². The average Bonchev–Trinajstić information content (AvgIpc) is 2.56. The fourth-order valence-corrected chi connectivity index (χ4v) is 2.35. The molecule has 0 fully saturated rings. The summed E-state index contributed by atoms with van der Waals surface area (Å²) in [7, 11) is 1.25. The van der Waals surface area contributed by atoms with E-state index in [0.29, 0.717) is 5.56 Å². The summed E-state index contributed by atoms with van der Waals surface area (Å²) < 4.78 is 10.5. The molecule has 120 valence electrons. The van der Waals surface area contributed by atoms with Crippen molar-refractivity contribution < 1.29 is 19.5 Å². The largest absolute Gasteiger partial charge is 0.489 e. The minimum atomic E-state index is -0.695. The Bertz CT molecular complexity index is 738. The third-order valence-corrected chi connectivity index (χ3v) is 3.55. The first-order valence-electron chi connectivity index (χ1n) is 7.16. The molecule has 0 unspecified atom stereocenters. The molecule has 1 N–H and O–H groups in total. The van der Waals surface area contributed by atoms with Crippen LogP contribution in [0.4, 0.5) is 0 Å². The first-order valence-corrected chi connectivity index (χ1v) is 7.16. The Morgan fingerprint density at radius 1 is 1.09 bits per heavy atom. The quantitative estimate of drug-likeness (QED) is 0.398. The van der Waals surface area contributed by atoms with E-state index in [0.717, 1.165) is 22.4 Å². The van der Waals surface area contributed by atoms with E-state index < -0.39 is 5.97 Å². The van der Waals surface area contributed by atoms with Gasteiger partial charge in [0.05, 0.1) is 7.11 Å². The van der Waals surface area contributed by atoms with E-state index in [9.17, 15) is 10.0 Å². The molecular formula is C18H19NO4. The molecule has 0 aliphatic rings. The summed E-state index contributed by atoms with van der Waals surface area (Å²) in [6.07, 6.45) is 0. The number of hydrogen-bond donors (Lipinski definition) is 1. The molecular weight excluding hydrogens is 294 g/mol. The third-order valence-electron chi connectivity index (χ3n) is 3.55. The lowest BCUT2D eigenvalue weighted by atomic mass is 9.98. The molecule has 0 atom stereocenters. The highest BCUT2D eigenvalue weighted by atomic mass is 16.5. The zero-order chi connectivity index (χ0) is 16.8. The van der Waals surface area contributed by atoms with Gasteiger partial charge in [-0.2, -0.15) is 0 Å². The molecule has 0 amide bonds. The molecule has 0 saturated carbocycles. The fourth-order valence-electron chi connectivity index (χ4n) is 2.35. The maximum atomic E-state index is 11.8. The Hall–Kier alpha value is -2.82. The van der Waals surface area contributed by atoms with Crippen molar-refractivity contribution in [3.8, 4) is 5.75 Å². The molecule has 0 saturated heterocycles. The van der Waals surface area contributed by atoms with Crippen LogP contribution in [0.3, 0.4) is 0 Å². The van der Waals surface area contributed by atoms with Gasteiger partial charge in [-0.15, -0.1) is 0 Å². The van der Waals surface area contributed by atoms with Gasteiger partial charge in [-0.25, -0.2) is 4.79 Å². The van der Waals surface area contributed by atoms with Gasteiger partial charge in [-0.05, 0) is 36.6 Å². The number of aryl methyl sites for hydroxylation is 2. The van der Waals surface area contributed by atoms with Crippen LogP contribution in [0.5, 0.6) is 5.75 Å². The van der Waals surface area contributed by atoms with Gasteiger partial charge < -0.3 is 14.7 Å². The zero-order valence-electron chi connectivity index (χ0n) is 13.4. The molecule has 0 aliphatic heterocycles. The predicted octanol–water partition coefficient (Wildman–Crippen LogP) is 3.23. The molecule has 2 rings (SSSR count). The summed E-state index contributed by atoms with van der Waals surface area (Å²) >= 11 is 0. The zero-order valence-corrected chi connectivity index (χ0v) is 13.4. The molecule has 0 bridgehead atoms. The molecule has 2 aromatic rings. The number of rotatable bonds is 5. The van der Waals surface area contributed by atoms with Crippen molar-refractivity contribution in [1.29, 1.82) is 0 Å². The minimum Gasteiger partial charge on any atom is -0.489 e. The van der Waals surface area contributed by atoms with Crippen LogP contribution >= 0.6 is 0 Å². The van der Waals surface area contributed by atoms with E-state index in [1.807, 2.05) is 56.3 Å². The number of nitrogens with zero attached hydrogens (tertiary/aromatic N) is 1. The van der Waals surface area contributed by atoms with Crippen LogP contribution in [-0.4, -0.2) is 24.0 Å². The monoisotopic (exact) mass is 313 g/mol. The Balaban J connectivity index is 2.35. The van der Waals surface area contributed by atoms with Crippen molar-refractivity contribution in [2.45, 2.75) is 20.5 Å². The third kappa shape index (κ3) is 3.69. The first kappa shape index (κ1) is 16.5. The Morgan fingerprint density at radius 2 is 1.78 bits per heavy atom. The molecule has 5 heteroatoms. The van der Waals surface area contributed by atoms with Gasteiger partial charge in [0.15, 0.2) is 5.71 Å². The summed E-state index contributed by atoms with van der Waals surface area (Å²) in [5.74, 6) is 0.0689. The van der Waals surface area contributed by atoms with Gasteiger partial charge in [0, 0.05) is 5.56 Å². The summed E-state index contributed by atoms with van der Waals surface area (Å²) in [6, 6.07) is 13.2. The highest BCUT2D eigenvalue weighted by Crippen LogP contribution is 2.21. The van der Waals surface area contributed by atoms with Gasteiger partial charge in [0.2, 0.25) is 0 Å². The normalized spacial score (nSPS) is 11.2. The number of carbonyl (C=O) groups excluding carboxylic acids is 1. The summed E-state index contributed by atoms with van der Waals surface area (Å²) in [5.41, 5.74) is 2.95. The first-order chi connectivity index (χ1) is 11.1. The number of oxime groups is 1. The molecule has 23 heavy (non-hydrogen) atoms. The van der Waals surface area contributed by atoms with Crippen molar-refractivity contribution in [2.75, 3.05) is 7.11 Å². The highest BCUT2D eigenvalue weighted by Gasteiger charge is 2.21. The van der Waals surface area contributed by atoms with Gasteiger partial charge in [-0.3, -0.25) is 0 Å². The molecule has 0 radical (unpaired) electrons.